The van der Waals surface area contributed by atoms with Crippen LogP contribution in [0.4, 0.5) is 0 Å². The second-order valence-corrected chi connectivity index (χ2v) is 6.51. The predicted molar refractivity (Wildman–Crippen MR) is 86.1 cm³/mol. The number of amides is 1. The molecule has 122 valence electrons. The van der Waals surface area contributed by atoms with E-state index in [2.05, 4.69) is 0 Å². The predicted octanol–water partition coefficient (Wildman–Crippen LogP) is 2.39. The van der Waals surface area contributed by atoms with Gasteiger partial charge in [0.2, 0.25) is 5.91 Å². The Morgan fingerprint density at radius 1 is 1.39 bits per heavy atom. The van der Waals surface area contributed by atoms with Crippen molar-refractivity contribution < 1.29 is 19.4 Å². The molecule has 0 aliphatic carbocycles. The highest BCUT2D eigenvalue weighted by Crippen LogP contribution is 2.43. The van der Waals surface area contributed by atoms with Crippen LogP contribution in [0.2, 0.25) is 0 Å². The van der Waals surface area contributed by atoms with Crippen LogP contribution in [0, 0.1) is 0 Å². The van der Waals surface area contributed by atoms with Crippen molar-refractivity contribution in [3.63, 3.8) is 0 Å². The lowest BCUT2D eigenvalue weighted by Gasteiger charge is -2.39. The van der Waals surface area contributed by atoms with Gasteiger partial charge in [-0.25, -0.2) is 0 Å². The summed E-state index contributed by atoms with van der Waals surface area (Å²) in [6.07, 6.45) is 1.30. The minimum Gasteiger partial charge on any atom is -0.483 e. The average molecular weight is 315 g/mol. The number of aliphatic hydroxyl groups is 1. The molecule has 0 unspecified atom stereocenters. The maximum atomic E-state index is 12.3. The third-order valence-corrected chi connectivity index (χ3v) is 4.52. The molecule has 1 N–H and O–H groups in total. The lowest BCUT2D eigenvalue weighted by atomic mass is 9.88. The van der Waals surface area contributed by atoms with Crippen molar-refractivity contribution in [2.45, 2.75) is 39.2 Å². The third-order valence-electron chi connectivity index (χ3n) is 4.52. The van der Waals surface area contributed by atoms with E-state index < -0.39 is 5.60 Å². The summed E-state index contributed by atoms with van der Waals surface area (Å²) in [5, 5.41) is 9.90. The first kappa shape index (κ1) is 15.7. The number of rotatable bonds is 3. The Labute approximate surface area is 135 Å². The summed E-state index contributed by atoms with van der Waals surface area (Å²) in [6, 6.07) is 5.25. The maximum absolute atomic E-state index is 12.3. The Morgan fingerprint density at radius 2 is 2.13 bits per heavy atom. The fourth-order valence-corrected chi connectivity index (χ4v) is 3.27. The van der Waals surface area contributed by atoms with Crippen molar-refractivity contribution >= 4 is 17.4 Å². The SMILES string of the molecule is CC(=O)c1ccc2c(c1)C(N1CCCC1=O)=C(CO)C(C)(C)O2. The van der Waals surface area contributed by atoms with Crippen LogP contribution in [0.25, 0.3) is 5.70 Å². The van der Waals surface area contributed by atoms with Gasteiger partial charge in [0.25, 0.3) is 0 Å². The molecule has 0 aromatic heterocycles. The highest BCUT2D eigenvalue weighted by Gasteiger charge is 2.39. The van der Waals surface area contributed by atoms with Crippen molar-refractivity contribution in [3.8, 4) is 5.75 Å². The summed E-state index contributed by atoms with van der Waals surface area (Å²) in [5.41, 5.74) is 1.92. The van der Waals surface area contributed by atoms with Gasteiger partial charge in [-0.15, -0.1) is 0 Å². The van der Waals surface area contributed by atoms with Crippen molar-refractivity contribution in [2.24, 2.45) is 0 Å². The molecule has 2 aliphatic heterocycles. The van der Waals surface area contributed by atoms with E-state index in [0.29, 0.717) is 41.1 Å². The number of Topliss-reactive ketones (excluding diaryl/α,β-unsaturated/α-hetero) is 1. The minimum atomic E-state index is -0.711. The van der Waals surface area contributed by atoms with Crippen LogP contribution in [0.1, 0.15) is 49.5 Å². The number of hydrogen-bond donors (Lipinski definition) is 1. The van der Waals surface area contributed by atoms with Crippen LogP contribution in [0.3, 0.4) is 0 Å². The zero-order chi connectivity index (χ0) is 16.8. The quantitative estimate of drug-likeness (QED) is 0.870. The van der Waals surface area contributed by atoms with E-state index in [4.69, 9.17) is 4.74 Å². The van der Waals surface area contributed by atoms with Gasteiger partial charge in [-0.1, -0.05) is 0 Å². The molecule has 0 bridgehead atoms. The van der Waals surface area contributed by atoms with Gasteiger partial charge in [0.1, 0.15) is 11.4 Å². The van der Waals surface area contributed by atoms with Crippen LogP contribution in [0.5, 0.6) is 5.75 Å². The average Bonchev–Trinajstić information content (AvgIpc) is 2.90. The zero-order valence-corrected chi connectivity index (χ0v) is 13.7. The molecule has 0 saturated carbocycles. The topological polar surface area (TPSA) is 66.8 Å². The normalized spacial score (nSPS) is 19.7. The minimum absolute atomic E-state index is 0.0443. The first-order chi connectivity index (χ1) is 10.8. The Hall–Kier alpha value is -2.14. The van der Waals surface area contributed by atoms with Crippen molar-refractivity contribution in [1.82, 2.24) is 4.90 Å². The van der Waals surface area contributed by atoms with E-state index in [1.54, 1.807) is 23.1 Å². The number of hydrogen-bond acceptors (Lipinski definition) is 4. The molecule has 3 rings (SSSR count). The van der Waals surface area contributed by atoms with Crippen LogP contribution in [-0.4, -0.2) is 40.4 Å². The molecule has 23 heavy (non-hydrogen) atoms. The number of carbonyl (C=O) groups excluding carboxylic acids is 2. The largest absolute Gasteiger partial charge is 0.483 e. The fraction of sp³-hybridized carbons (Fsp3) is 0.444. The van der Waals surface area contributed by atoms with E-state index in [-0.39, 0.29) is 18.3 Å². The van der Waals surface area contributed by atoms with Crippen molar-refractivity contribution in [1.29, 1.82) is 0 Å². The summed E-state index contributed by atoms with van der Waals surface area (Å²) in [5.74, 6) is 0.630. The summed E-state index contributed by atoms with van der Waals surface area (Å²) < 4.78 is 6.02. The van der Waals surface area contributed by atoms with E-state index in [9.17, 15) is 14.7 Å². The van der Waals surface area contributed by atoms with E-state index in [1.165, 1.54) is 6.92 Å². The highest BCUT2D eigenvalue weighted by atomic mass is 16.5. The molecule has 5 heteroatoms. The molecule has 0 spiro atoms. The molecule has 0 radical (unpaired) electrons. The second kappa shape index (κ2) is 5.49. The first-order valence-electron chi connectivity index (χ1n) is 7.84. The summed E-state index contributed by atoms with van der Waals surface area (Å²) in [6.45, 7) is 5.68. The first-order valence-corrected chi connectivity index (χ1v) is 7.84. The number of benzene rings is 1. The number of ketones is 1. The molecule has 2 heterocycles. The molecule has 1 aromatic carbocycles. The lowest BCUT2D eigenvalue weighted by Crippen LogP contribution is -2.40. The standard InChI is InChI=1S/C18H21NO4/c1-11(21)12-6-7-15-13(9-12)17(19-8-4-5-16(19)22)14(10-20)18(2,3)23-15/h6-7,9,20H,4-5,8,10H2,1-3H3. The summed E-state index contributed by atoms with van der Waals surface area (Å²) >= 11 is 0. The highest BCUT2D eigenvalue weighted by molar-refractivity contribution is 5.97. The number of nitrogens with zero attached hydrogens (tertiary/aromatic N) is 1. The monoisotopic (exact) mass is 315 g/mol. The molecule has 0 atom stereocenters. The number of likely N-dealkylation sites (tertiary alicyclic amines) is 1. The smallest absolute Gasteiger partial charge is 0.227 e. The Bertz CT molecular complexity index is 718. The van der Waals surface area contributed by atoms with Gasteiger partial charge < -0.3 is 14.7 Å². The van der Waals surface area contributed by atoms with Gasteiger partial charge in [-0.2, -0.15) is 0 Å². The van der Waals surface area contributed by atoms with Gasteiger partial charge in [-0.05, 0) is 45.4 Å². The van der Waals surface area contributed by atoms with Gasteiger partial charge in [0.05, 0.1) is 12.3 Å². The van der Waals surface area contributed by atoms with Gasteiger partial charge in [-0.3, -0.25) is 9.59 Å². The number of fused-ring (bicyclic) bond motifs is 1. The fourth-order valence-electron chi connectivity index (χ4n) is 3.27. The number of ether oxygens (including phenoxy) is 1. The van der Waals surface area contributed by atoms with Crippen molar-refractivity contribution in [2.75, 3.05) is 13.2 Å². The Kier molecular flexibility index (Phi) is 3.76. The number of carbonyl (C=O) groups is 2. The van der Waals surface area contributed by atoms with Gasteiger partial charge in [0.15, 0.2) is 5.78 Å². The van der Waals surface area contributed by atoms with Crippen LogP contribution < -0.4 is 4.74 Å². The van der Waals surface area contributed by atoms with Gasteiger partial charge in [0, 0.05) is 29.7 Å². The molecule has 1 aromatic rings. The molecule has 1 saturated heterocycles. The maximum Gasteiger partial charge on any atom is 0.227 e. The van der Waals surface area contributed by atoms with E-state index in [0.717, 1.165) is 6.42 Å². The molecule has 1 amide bonds. The van der Waals surface area contributed by atoms with Crippen LogP contribution >= 0.6 is 0 Å². The molecule has 5 nitrogen and oxygen atoms in total. The lowest BCUT2D eigenvalue weighted by molar-refractivity contribution is -0.125. The van der Waals surface area contributed by atoms with Crippen LogP contribution in [-0.2, 0) is 4.79 Å². The second-order valence-electron chi connectivity index (χ2n) is 6.51. The van der Waals surface area contributed by atoms with E-state index >= 15 is 0 Å². The van der Waals surface area contributed by atoms with Gasteiger partial charge >= 0.3 is 0 Å². The molecular weight excluding hydrogens is 294 g/mol. The third kappa shape index (κ3) is 2.55. The molecule has 1 fully saturated rings. The van der Waals surface area contributed by atoms with E-state index in [1.807, 2.05) is 13.8 Å². The molecular formula is C18H21NO4. The molecule has 2 aliphatic rings. The zero-order valence-electron chi connectivity index (χ0n) is 13.7. The Balaban J connectivity index is 2.25. The van der Waals surface area contributed by atoms with Crippen LogP contribution in [0.15, 0.2) is 23.8 Å². The summed E-state index contributed by atoms with van der Waals surface area (Å²) in [4.78, 5) is 25.7. The number of aliphatic hydroxyl groups excluding tert-OH is 1. The Morgan fingerprint density at radius 3 is 2.70 bits per heavy atom. The van der Waals surface area contributed by atoms with Crippen molar-refractivity contribution in [3.05, 3.63) is 34.9 Å². The summed E-state index contributed by atoms with van der Waals surface area (Å²) in [7, 11) is 0.